The quantitative estimate of drug-likeness (QED) is 0.597. The highest BCUT2D eigenvalue weighted by Crippen LogP contribution is 2.16. The molecule has 1 aliphatic rings. The number of likely N-dealkylation sites (tertiary alicyclic amines) is 1. The van der Waals surface area contributed by atoms with Crippen LogP contribution in [-0.4, -0.2) is 36.0 Å². The van der Waals surface area contributed by atoms with Crippen LogP contribution in [0.3, 0.4) is 0 Å². The number of ether oxygens (including phenoxy) is 1. The van der Waals surface area contributed by atoms with Gasteiger partial charge in [0.1, 0.15) is 0 Å². The van der Waals surface area contributed by atoms with Gasteiger partial charge in [0.2, 0.25) is 0 Å². The molecule has 1 amide bonds. The van der Waals surface area contributed by atoms with Crippen molar-refractivity contribution in [3.63, 3.8) is 0 Å². The Kier molecular flexibility index (Phi) is 3.34. The zero-order valence-electron chi connectivity index (χ0n) is 7.32. The number of aliphatic hydroxyl groups excluding tert-OH is 1. The van der Waals surface area contributed by atoms with Gasteiger partial charge in [0, 0.05) is 13.1 Å². The molecule has 1 rings (SSSR count). The molecule has 0 saturated carbocycles. The van der Waals surface area contributed by atoms with Gasteiger partial charge in [-0.3, -0.25) is 0 Å². The summed E-state index contributed by atoms with van der Waals surface area (Å²) in [5.41, 5.74) is 0. The second kappa shape index (κ2) is 4.30. The Morgan fingerprint density at radius 1 is 1.58 bits per heavy atom. The lowest BCUT2D eigenvalue weighted by molar-refractivity contribution is 0.0171. The average molecular weight is 173 g/mol. The highest BCUT2D eigenvalue weighted by molar-refractivity contribution is 5.67. The highest BCUT2D eigenvalue weighted by atomic mass is 16.6. The molecule has 0 radical (unpaired) electrons. The van der Waals surface area contributed by atoms with E-state index in [-0.39, 0.29) is 0 Å². The fourth-order valence-electron chi connectivity index (χ4n) is 1.34. The minimum atomic E-state index is -0.523. The van der Waals surface area contributed by atoms with Crippen molar-refractivity contribution in [2.45, 2.75) is 19.8 Å². The summed E-state index contributed by atoms with van der Waals surface area (Å²) >= 11 is 0. The van der Waals surface area contributed by atoms with Crippen molar-refractivity contribution in [2.24, 2.45) is 5.92 Å². The van der Waals surface area contributed by atoms with E-state index >= 15 is 0 Å². The molecule has 4 heteroatoms. The molecule has 0 unspecified atom stereocenters. The fourth-order valence-corrected chi connectivity index (χ4v) is 1.34. The van der Waals surface area contributed by atoms with Gasteiger partial charge in [0.25, 0.3) is 0 Å². The summed E-state index contributed by atoms with van der Waals surface area (Å²) in [6.07, 6.45) is 1.66. The topological polar surface area (TPSA) is 49.8 Å². The molecule has 0 bridgehead atoms. The van der Waals surface area contributed by atoms with Gasteiger partial charge >= 0.3 is 6.09 Å². The molecule has 70 valence electrons. The lowest BCUT2D eigenvalue weighted by Crippen LogP contribution is -2.38. The summed E-state index contributed by atoms with van der Waals surface area (Å²) in [6, 6.07) is 0. The molecule has 1 N–H and O–H groups in total. The maximum atomic E-state index is 11.0. The third kappa shape index (κ3) is 2.37. The minimum absolute atomic E-state index is 0.399. The smallest absolute Gasteiger partial charge is 0.411 e. The summed E-state index contributed by atoms with van der Waals surface area (Å²) in [4.78, 5) is 12.7. The second-order valence-corrected chi connectivity index (χ2v) is 3.21. The first-order chi connectivity index (χ1) is 5.74. The van der Waals surface area contributed by atoms with E-state index < -0.39 is 12.9 Å². The minimum Gasteiger partial charge on any atom is -0.422 e. The molecule has 1 fully saturated rings. The van der Waals surface area contributed by atoms with Crippen LogP contribution in [0, 0.1) is 5.92 Å². The number of nitrogens with zero attached hydrogens (tertiary/aromatic N) is 1. The summed E-state index contributed by atoms with van der Waals surface area (Å²) in [5, 5.41) is 8.35. The molecule has 0 aromatic heterocycles. The molecule has 0 aromatic carbocycles. The van der Waals surface area contributed by atoms with Gasteiger partial charge < -0.3 is 14.7 Å². The van der Waals surface area contributed by atoms with Crippen molar-refractivity contribution in [1.29, 1.82) is 0 Å². The van der Waals surface area contributed by atoms with Gasteiger partial charge in [-0.2, -0.15) is 0 Å². The molecule has 4 nitrogen and oxygen atoms in total. The molecular formula is C8H15NO3. The fraction of sp³-hybridized carbons (Fsp3) is 0.875. The van der Waals surface area contributed by atoms with E-state index in [1.165, 1.54) is 0 Å². The lowest BCUT2D eigenvalue weighted by Gasteiger charge is -2.29. The van der Waals surface area contributed by atoms with Gasteiger partial charge in [0.15, 0.2) is 6.79 Å². The van der Waals surface area contributed by atoms with Gasteiger partial charge in [-0.25, -0.2) is 4.79 Å². The molecule has 0 aliphatic carbocycles. The van der Waals surface area contributed by atoms with Crippen molar-refractivity contribution in [3.8, 4) is 0 Å². The number of aliphatic hydroxyl groups is 1. The lowest BCUT2D eigenvalue weighted by atomic mass is 10.00. The third-order valence-corrected chi connectivity index (χ3v) is 2.23. The first-order valence-electron chi connectivity index (χ1n) is 4.26. The van der Waals surface area contributed by atoms with E-state index in [0.717, 1.165) is 25.9 Å². The summed E-state index contributed by atoms with van der Waals surface area (Å²) in [6.45, 7) is 3.15. The maximum absolute atomic E-state index is 11.0. The first-order valence-corrected chi connectivity index (χ1v) is 4.26. The van der Waals surface area contributed by atoms with E-state index in [1.807, 2.05) is 0 Å². The monoisotopic (exact) mass is 173 g/mol. The van der Waals surface area contributed by atoms with Crippen LogP contribution in [0.25, 0.3) is 0 Å². The number of carbonyl (C=O) groups excluding carboxylic acids is 1. The molecule has 1 heterocycles. The predicted molar refractivity (Wildman–Crippen MR) is 43.5 cm³/mol. The van der Waals surface area contributed by atoms with Crippen LogP contribution in [-0.2, 0) is 4.74 Å². The number of rotatable bonds is 1. The second-order valence-electron chi connectivity index (χ2n) is 3.21. The molecule has 0 spiro atoms. The predicted octanol–water partition coefficient (Wildman–Crippen LogP) is 0.805. The Morgan fingerprint density at radius 3 is 2.67 bits per heavy atom. The summed E-state index contributed by atoms with van der Waals surface area (Å²) < 4.78 is 4.46. The molecule has 1 saturated heterocycles. The van der Waals surface area contributed by atoms with Gasteiger partial charge in [-0.15, -0.1) is 0 Å². The third-order valence-electron chi connectivity index (χ3n) is 2.23. The largest absolute Gasteiger partial charge is 0.422 e. The average Bonchev–Trinajstić information content (AvgIpc) is 2.06. The maximum Gasteiger partial charge on any atom is 0.411 e. The molecule has 0 atom stereocenters. The SMILES string of the molecule is CC1CCN(C(=O)OCO)CC1. The number of amides is 1. The van der Waals surface area contributed by atoms with Crippen molar-refractivity contribution in [2.75, 3.05) is 19.9 Å². The van der Waals surface area contributed by atoms with Crippen molar-refractivity contribution in [1.82, 2.24) is 4.90 Å². The van der Waals surface area contributed by atoms with Gasteiger partial charge in [-0.1, -0.05) is 6.92 Å². The Bertz CT molecular complexity index is 152. The standard InChI is InChI=1S/C8H15NO3/c1-7-2-4-9(5-3-7)8(11)12-6-10/h7,10H,2-6H2,1H3. The van der Waals surface area contributed by atoms with Crippen molar-refractivity contribution in [3.05, 3.63) is 0 Å². The molecule has 0 aromatic rings. The molecule has 12 heavy (non-hydrogen) atoms. The van der Waals surface area contributed by atoms with Crippen LogP contribution in [0.4, 0.5) is 4.79 Å². The van der Waals surface area contributed by atoms with E-state index in [0.29, 0.717) is 5.92 Å². The van der Waals surface area contributed by atoms with Crippen molar-refractivity contribution < 1.29 is 14.6 Å². The molecular weight excluding hydrogens is 158 g/mol. The van der Waals surface area contributed by atoms with Crippen LogP contribution in [0.5, 0.6) is 0 Å². The van der Waals surface area contributed by atoms with Gasteiger partial charge in [-0.05, 0) is 18.8 Å². The van der Waals surface area contributed by atoms with Crippen LogP contribution in [0.2, 0.25) is 0 Å². The van der Waals surface area contributed by atoms with Crippen LogP contribution >= 0.6 is 0 Å². The van der Waals surface area contributed by atoms with E-state index in [4.69, 9.17) is 5.11 Å². The number of piperidine rings is 1. The van der Waals surface area contributed by atoms with E-state index in [1.54, 1.807) is 4.90 Å². The number of carbonyl (C=O) groups is 1. The van der Waals surface area contributed by atoms with Crippen molar-refractivity contribution >= 4 is 6.09 Å². The van der Waals surface area contributed by atoms with E-state index in [9.17, 15) is 4.79 Å². The summed E-state index contributed by atoms with van der Waals surface area (Å²) in [7, 11) is 0. The normalized spacial score (nSPS) is 19.3. The number of hydrogen-bond acceptors (Lipinski definition) is 3. The Morgan fingerprint density at radius 2 is 2.17 bits per heavy atom. The molecule has 1 aliphatic heterocycles. The Balaban J connectivity index is 2.29. The zero-order valence-corrected chi connectivity index (χ0v) is 7.32. The Labute approximate surface area is 72.1 Å². The first kappa shape index (κ1) is 9.32. The van der Waals surface area contributed by atoms with E-state index in [2.05, 4.69) is 11.7 Å². The highest BCUT2D eigenvalue weighted by Gasteiger charge is 2.20. The van der Waals surface area contributed by atoms with Crippen LogP contribution in [0.15, 0.2) is 0 Å². The Hall–Kier alpha value is -0.770. The van der Waals surface area contributed by atoms with Crippen LogP contribution < -0.4 is 0 Å². The zero-order chi connectivity index (χ0) is 8.97. The van der Waals surface area contributed by atoms with Crippen LogP contribution in [0.1, 0.15) is 19.8 Å². The van der Waals surface area contributed by atoms with Gasteiger partial charge in [0.05, 0.1) is 0 Å². The number of hydrogen-bond donors (Lipinski definition) is 1. The summed E-state index contributed by atoms with van der Waals surface area (Å²) in [5.74, 6) is 0.697.